The fourth-order valence-electron chi connectivity index (χ4n) is 1.74. The van der Waals surface area contributed by atoms with Gasteiger partial charge in [0.15, 0.2) is 5.22 Å². The maximum atomic E-state index is 8.85. The van der Waals surface area contributed by atoms with Crippen LogP contribution in [0.1, 0.15) is 5.56 Å². The second-order valence-corrected chi connectivity index (χ2v) is 4.16. The molecule has 2 aromatic rings. The minimum atomic E-state index is 0.143. The second kappa shape index (κ2) is 4.87. The van der Waals surface area contributed by atoms with Crippen LogP contribution in [0.3, 0.4) is 0 Å². The quantitative estimate of drug-likeness (QED) is 0.891. The molecule has 0 aliphatic rings. The average Bonchev–Trinajstić information content (AvgIpc) is 2.56. The molecule has 3 nitrogen and oxygen atoms in total. The van der Waals surface area contributed by atoms with Crippen LogP contribution < -0.4 is 0 Å². The van der Waals surface area contributed by atoms with Crippen molar-refractivity contribution >= 4 is 22.6 Å². The van der Waals surface area contributed by atoms with Crippen LogP contribution >= 0.6 is 11.6 Å². The van der Waals surface area contributed by atoms with Crippen LogP contribution in [-0.2, 0) is 6.54 Å². The molecule has 1 heterocycles. The standard InChI is InChI=1S/C12H14ClNO2/c1-14(6-7-15)8-10-9-4-2-3-5-11(9)16-12(10)13/h2-5,15H,6-8H2,1H3. The Bertz CT molecular complexity index is 481. The van der Waals surface area contributed by atoms with Crippen molar-refractivity contribution in [1.29, 1.82) is 0 Å². The summed E-state index contributed by atoms with van der Waals surface area (Å²) in [5, 5.41) is 10.3. The number of furan rings is 1. The van der Waals surface area contributed by atoms with Crippen molar-refractivity contribution in [2.45, 2.75) is 6.54 Å². The van der Waals surface area contributed by atoms with Crippen molar-refractivity contribution in [3.8, 4) is 0 Å². The van der Waals surface area contributed by atoms with Gasteiger partial charge in [-0.2, -0.15) is 0 Å². The van der Waals surface area contributed by atoms with E-state index in [2.05, 4.69) is 0 Å². The molecule has 2 rings (SSSR count). The van der Waals surface area contributed by atoms with Crippen molar-refractivity contribution < 1.29 is 9.52 Å². The van der Waals surface area contributed by atoms with Crippen molar-refractivity contribution in [2.75, 3.05) is 20.2 Å². The number of hydrogen-bond acceptors (Lipinski definition) is 3. The summed E-state index contributed by atoms with van der Waals surface area (Å²) in [7, 11) is 1.94. The van der Waals surface area contributed by atoms with E-state index in [0.29, 0.717) is 18.3 Å². The molecule has 1 N–H and O–H groups in total. The molecule has 0 spiro atoms. The summed E-state index contributed by atoms with van der Waals surface area (Å²) in [6, 6.07) is 7.77. The largest absolute Gasteiger partial charge is 0.444 e. The number of para-hydroxylation sites is 1. The summed E-state index contributed by atoms with van der Waals surface area (Å²) in [5.41, 5.74) is 1.79. The Balaban J connectivity index is 2.32. The maximum Gasteiger partial charge on any atom is 0.199 e. The van der Waals surface area contributed by atoms with Gasteiger partial charge in [-0.05, 0) is 24.7 Å². The van der Waals surface area contributed by atoms with E-state index < -0.39 is 0 Å². The van der Waals surface area contributed by atoms with Gasteiger partial charge >= 0.3 is 0 Å². The van der Waals surface area contributed by atoms with Crippen molar-refractivity contribution in [3.05, 3.63) is 35.0 Å². The number of fused-ring (bicyclic) bond motifs is 1. The van der Waals surface area contributed by atoms with Crippen LogP contribution in [0.25, 0.3) is 11.0 Å². The van der Waals surface area contributed by atoms with Gasteiger partial charge in [-0.3, -0.25) is 4.90 Å². The highest BCUT2D eigenvalue weighted by atomic mass is 35.5. The Morgan fingerprint density at radius 1 is 1.38 bits per heavy atom. The van der Waals surface area contributed by atoms with E-state index in [1.165, 1.54) is 0 Å². The lowest BCUT2D eigenvalue weighted by Gasteiger charge is -2.13. The molecule has 1 aromatic heterocycles. The first kappa shape index (κ1) is 11.5. The lowest BCUT2D eigenvalue weighted by Crippen LogP contribution is -2.21. The molecule has 0 amide bonds. The molecular weight excluding hydrogens is 226 g/mol. The van der Waals surface area contributed by atoms with Crippen molar-refractivity contribution in [1.82, 2.24) is 4.90 Å². The number of halogens is 1. The van der Waals surface area contributed by atoms with Crippen molar-refractivity contribution in [2.24, 2.45) is 0 Å². The number of benzene rings is 1. The molecular formula is C12H14ClNO2. The van der Waals surface area contributed by atoms with Gasteiger partial charge in [-0.15, -0.1) is 0 Å². The van der Waals surface area contributed by atoms with Gasteiger partial charge < -0.3 is 9.52 Å². The Morgan fingerprint density at radius 3 is 2.88 bits per heavy atom. The van der Waals surface area contributed by atoms with E-state index in [1.807, 2.05) is 36.2 Å². The number of aliphatic hydroxyl groups is 1. The summed E-state index contributed by atoms with van der Waals surface area (Å²) in [5.74, 6) is 0. The van der Waals surface area contributed by atoms with Crippen LogP contribution in [0.5, 0.6) is 0 Å². The van der Waals surface area contributed by atoms with Gasteiger partial charge in [-0.1, -0.05) is 18.2 Å². The van der Waals surface area contributed by atoms with Crippen LogP contribution in [0.4, 0.5) is 0 Å². The van der Waals surface area contributed by atoms with E-state index in [4.69, 9.17) is 21.1 Å². The monoisotopic (exact) mass is 239 g/mol. The summed E-state index contributed by atoms with van der Waals surface area (Å²) < 4.78 is 5.45. The maximum absolute atomic E-state index is 8.85. The van der Waals surface area contributed by atoms with Gasteiger partial charge in [-0.25, -0.2) is 0 Å². The first-order chi connectivity index (χ1) is 7.72. The predicted molar refractivity (Wildman–Crippen MR) is 64.6 cm³/mol. The molecule has 1 aromatic carbocycles. The normalized spacial score (nSPS) is 11.5. The minimum absolute atomic E-state index is 0.143. The lowest BCUT2D eigenvalue weighted by molar-refractivity contribution is 0.217. The highest BCUT2D eigenvalue weighted by Gasteiger charge is 2.13. The molecule has 0 aliphatic carbocycles. The van der Waals surface area contributed by atoms with E-state index in [-0.39, 0.29) is 6.61 Å². The zero-order valence-corrected chi connectivity index (χ0v) is 9.87. The fraction of sp³-hybridized carbons (Fsp3) is 0.333. The van der Waals surface area contributed by atoms with Gasteiger partial charge in [0.1, 0.15) is 5.58 Å². The Morgan fingerprint density at radius 2 is 2.12 bits per heavy atom. The number of rotatable bonds is 4. The zero-order valence-electron chi connectivity index (χ0n) is 9.11. The van der Waals surface area contributed by atoms with Crippen LogP contribution in [0.2, 0.25) is 5.22 Å². The number of likely N-dealkylation sites (N-methyl/N-ethyl adjacent to an activating group) is 1. The summed E-state index contributed by atoms with van der Waals surface area (Å²) >= 11 is 6.06. The number of hydrogen-bond donors (Lipinski definition) is 1. The summed E-state index contributed by atoms with van der Waals surface area (Å²) in [4.78, 5) is 2.00. The third-order valence-corrected chi connectivity index (χ3v) is 2.86. The van der Waals surface area contributed by atoms with E-state index >= 15 is 0 Å². The van der Waals surface area contributed by atoms with Gasteiger partial charge in [0.05, 0.1) is 6.61 Å². The number of aliphatic hydroxyl groups excluding tert-OH is 1. The fourth-order valence-corrected chi connectivity index (χ4v) is 1.98. The highest BCUT2D eigenvalue weighted by molar-refractivity contribution is 6.30. The Labute approximate surface area is 99.2 Å². The molecule has 4 heteroatoms. The predicted octanol–water partition coefficient (Wildman–Crippen LogP) is 2.51. The molecule has 0 atom stereocenters. The zero-order chi connectivity index (χ0) is 11.5. The first-order valence-electron chi connectivity index (χ1n) is 5.17. The van der Waals surface area contributed by atoms with E-state index in [0.717, 1.165) is 16.5 Å². The summed E-state index contributed by atoms with van der Waals surface area (Å²) in [6.45, 7) is 1.44. The smallest absolute Gasteiger partial charge is 0.199 e. The molecule has 0 saturated carbocycles. The third-order valence-electron chi connectivity index (χ3n) is 2.56. The van der Waals surface area contributed by atoms with Crippen LogP contribution in [0, 0.1) is 0 Å². The average molecular weight is 240 g/mol. The molecule has 0 aliphatic heterocycles. The molecule has 0 fully saturated rings. The van der Waals surface area contributed by atoms with E-state index in [9.17, 15) is 0 Å². The van der Waals surface area contributed by atoms with Gasteiger partial charge in [0.2, 0.25) is 0 Å². The minimum Gasteiger partial charge on any atom is -0.444 e. The third kappa shape index (κ3) is 2.21. The Kier molecular flexibility index (Phi) is 3.49. The molecule has 0 unspecified atom stereocenters. The molecule has 0 radical (unpaired) electrons. The lowest BCUT2D eigenvalue weighted by atomic mass is 10.1. The molecule has 16 heavy (non-hydrogen) atoms. The van der Waals surface area contributed by atoms with Gasteiger partial charge in [0, 0.05) is 24.0 Å². The second-order valence-electron chi connectivity index (χ2n) is 3.81. The summed E-state index contributed by atoms with van der Waals surface area (Å²) in [6.07, 6.45) is 0. The van der Waals surface area contributed by atoms with E-state index in [1.54, 1.807) is 0 Å². The number of nitrogens with zero attached hydrogens (tertiary/aromatic N) is 1. The Hall–Kier alpha value is -1.03. The molecule has 0 saturated heterocycles. The van der Waals surface area contributed by atoms with Crippen molar-refractivity contribution in [3.63, 3.8) is 0 Å². The van der Waals surface area contributed by atoms with Gasteiger partial charge in [0.25, 0.3) is 0 Å². The SMILES string of the molecule is CN(CCO)Cc1c(Cl)oc2ccccc12. The molecule has 86 valence electrons. The first-order valence-corrected chi connectivity index (χ1v) is 5.55. The van der Waals surface area contributed by atoms with Crippen LogP contribution in [0.15, 0.2) is 28.7 Å². The van der Waals surface area contributed by atoms with Crippen LogP contribution in [-0.4, -0.2) is 30.2 Å². The highest BCUT2D eigenvalue weighted by Crippen LogP contribution is 2.30. The topological polar surface area (TPSA) is 36.6 Å². The molecule has 0 bridgehead atoms.